The highest BCUT2D eigenvalue weighted by Gasteiger charge is 2.48. The largest absolute Gasteiger partial charge is 0.481 e. The molecule has 1 atom stereocenters. The summed E-state index contributed by atoms with van der Waals surface area (Å²) in [5, 5.41) is 8.77. The monoisotopic (exact) mass is 345 g/mol. The summed E-state index contributed by atoms with van der Waals surface area (Å²) in [7, 11) is 0. The molecule has 0 saturated heterocycles. The number of benzene rings is 1. The van der Waals surface area contributed by atoms with E-state index in [9.17, 15) is 18.0 Å². The molecule has 21 heavy (non-hydrogen) atoms. The molecule has 1 unspecified atom stereocenters. The number of carbonyl (C=O) groups is 1. The van der Waals surface area contributed by atoms with Crippen LogP contribution in [0.4, 0.5) is 13.2 Å². The Labute approximate surface area is 131 Å². The quantitative estimate of drug-likeness (QED) is 0.864. The summed E-state index contributed by atoms with van der Waals surface area (Å²) in [6.07, 6.45) is -4.84. The van der Waals surface area contributed by atoms with Crippen LogP contribution in [0.2, 0.25) is 5.02 Å². The highest BCUT2D eigenvalue weighted by atomic mass is 35.5. The third kappa shape index (κ3) is 4.76. The van der Waals surface area contributed by atoms with Crippen LogP contribution in [0, 0.1) is 0 Å². The predicted octanol–water partition coefficient (Wildman–Crippen LogP) is 4.08. The van der Waals surface area contributed by atoms with Crippen molar-refractivity contribution in [2.24, 2.45) is 5.73 Å². The number of aliphatic carboxylic acids is 1. The standard InChI is InChI=1S/C13H15ClF3NO2.ClH/c1-12(2,13(15,16)17)8-3-7(4-9(14)5-8)10(18)6-11(19)20;/h3-5,10H,6,18H2,1-2H3,(H,19,20);1H. The molecule has 1 rings (SSSR count). The molecule has 0 aliphatic carbocycles. The number of hydrogen-bond acceptors (Lipinski definition) is 2. The molecular weight excluding hydrogens is 330 g/mol. The number of hydrogen-bond donors (Lipinski definition) is 2. The van der Waals surface area contributed by atoms with Gasteiger partial charge in [-0.15, -0.1) is 12.4 Å². The van der Waals surface area contributed by atoms with Crippen molar-refractivity contribution in [1.29, 1.82) is 0 Å². The molecule has 0 bridgehead atoms. The molecule has 0 heterocycles. The Morgan fingerprint density at radius 2 is 1.86 bits per heavy atom. The first-order valence-corrected chi connectivity index (χ1v) is 6.18. The van der Waals surface area contributed by atoms with Crippen LogP contribution < -0.4 is 5.73 Å². The molecule has 1 aromatic carbocycles. The van der Waals surface area contributed by atoms with E-state index in [1.807, 2.05) is 0 Å². The smallest absolute Gasteiger partial charge is 0.397 e. The van der Waals surface area contributed by atoms with Gasteiger partial charge in [-0.3, -0.25) is 4.79 Å². The predicted molar refractivity (Wildman–Crippen MR) is 77.0 cm³/mol. The van der Waals surface area contributed by atoms with Crippen molar-refractivity contribution in [3.63, 3.8) is 0 Å². The molecule has 0 aliphatic rings. The zero-order valence-corrected chi connectivity index (χ0v) is 12.9. The molecule has 3 N–H and O–H groups in total. The Morgan fingerprint density at radius 1 is 1.33 bits per heavy atom. The summed E-state index contributed by atoms with van der Waals surface area (Å²) in [6.45, 7) is 2.07. The van der Waals surface area contributed by atoms with E-state index in [2.05, 4.69) is 0 Å². The number of halogens is 5. The minimum atomic E-state index is -4.45. The van der Waals surface area contributed by atoms with Crippen molar-refractivity contribution < 1.29 is 23.1 Å². The maximum absolute atomic E-state index is 13.0. The van der Waals surface area contributed by atoms with Gasteiger partial charge in [-0.1, -0.05) is 17.7 Å². The van der Waals surface area contributed by atoms with Crippen LogP contribution in [-0.2, 0) is 10.2 Å². The number of nitrogens with two attached hydrogens (primary N) is 1. The zero-order valence-electron chi connectivity index (χ0n) is 11.4. The highest BCUT2D eigenvalue weighted by Crippen LogP contribution is 2.41. The Balaban J connectivity index is 0.00000400. The molecule has 0 fully saturated rings. The average Bonchev–Trinajstić information content (AvgIpc) is 2.25. The van der Waals surface area contributed by atoms with Gasteiger partial charge in [0.2, 0.25) is 0 Å². The minimum absolute atomic E-state index is 0. The summed E-state index contributed by atoms with van der Waals surface area (Å²) < 4.78 is 39.1. The first-order valence-electron chi connectivity index (χ1n) is 5.80. The fourth-order valence-electron chi connectivity index (χ4n) is 1.66. The van der Waals surface area contributed by atoms with Crippen LogP contribution in [0.15, 0.2) is 18.2 Å². The SMILES string of the molecule is CC(C)(c1cc(Cl)cc(C(N)CC(=O)O)c1)C(F)(F)F.Cl. The average molecular weight is 346 g/mol. The van der Waals surface area contributed by atoms with Gasteiger partial charge in [0.1, 0.15) is 0 Å². The van der Waals surface area contributed by atoms with E-state index in [4.69, 9.17) is 22.4 Å². The van der Waals surface area contributed by atoms with Crippen LogP contribution in [0.25, 0.3) is 0 Å². The summed E-state index contributed by atoms with van der Waals surface area (Å²) in [5.74, 6) is -1.13. The minimum Gasteiger partial charge on any atom is -0.481 e. The Hall–Kier alpha value is -0.980. The van der Waals surface area contributed by atoms with E-state index in [1.165, 1.54) is 18.2 Å². The van der Waals surface area contributed by atoms with Crippen molar-refractivity contribution in [1.82, 2.24) is 0 Å². The summed E-state index contributed by atoms with van der Waals surface area (Å²) in [4.78, 5) is 10.6. The fourth-order valence-corrected chi connectivity index (χ4v) is 1.90. The molecule has 0 spiro atoms. The van der Waals surface area contributed by atoms with Crippen molar-refractivity contribution in [3.8, 4) is 0 Å². The van der Waals surface area contributed by atoms with E-state index >= 15 is 0 Å². The molecule has 120 valence electrons. The molecule has 0 amide bonds. The zero-order chi connectivity index (χ0) is 15.7. The van der Waals surface area contributed by atoms with Crippen LogP contribution in [0.5, 0.6) is 0 Å². The van der Waals surface area contributed by atoms with E-state index in [1.54, 1.807) is 0 Å². The van der Waals surface area contributed by atoms with Crippen LogP contribution in [0.3, 0.4) is 0 Å². The Kier molecular flexibility index (Phi) is 6.53. The first kappa shape index (κ1) is 20.0. The first-order chi connectivity index (χ1) is 8.95. The fraction of sp³-hybridized carbons (Fsp3) is 0.462. The maximum atomic E-state index is 13.0. The van der Waals surface area contributed by atoms with Gasteiger partial charge >= 0.3 is 12.1 Å². The third-order valence-corrected chi connectivity index (χ3v) is 3.39. The van der Waals surface area contributed by atoms with Gasteiger partial charge in [0.25, 0.3) is 0 Å². The van der Waals surface area contributed by atoms with Gasteiger partial charge in [0.05, 0.1) is 11.8 Å². The van der Waals surface area contributed by atoms with E-state index in [0.29, 0.717) is 0 Å². The Morgan fingerprint density at radius 3 is 2.29 bits per heavy atom. The van der Waals surface area contributed by atoms with Gasteiger partial charge < -0.3 is 10.8 Å². The van der Waals surface area contributed by atoms with Crippen molar-refractivity contribution in [3.05, 3.63) is 34.3 Å². The lowest BCUT2D eigenvalue weighted by Crippen LogP contribution is -2.36. The van der Waals surface area contributed by atoms with Gasteiger partial charge in [-0.05, 0) is 37.1 Å². The lowest BCUT2D eigenvalue weighted by molar-refractivity contribution is -0.180. The summed E-state index contributed by atoms with van der Waals surface area (Å²) in [6, 6.07) is 2.94. The number of rotatable bonds is 4. The maximum Gasteiger partial charge on any atom is 0.397 e. The van der Waals surface area contributed by atoms with Gasteiger partial charge in [-0.25, -0.2) is 0 Å². The number of carboxylic acids is 1. The molecular formula is C13H16Cl2F3NO2. The van der Waals surface area contributed by atoms with Crippen LogP contribution in [-0.4, -0.2) is 17.3 Å². The van der Waals surface area contributed by atoms with E-state index in [-0.39, 0.29) is 35.0 Å². The molecule has 0 radical (unpaired) electrons. The molecule has 8 heteroatoms. The number of carboxylic acid groups (broad SMARTS) is 1. The molecule has 0 saturated carbocycles. The summed E-state index contributed by atoms with van der Waals surface area (Å²) >= 11 is 5.82. The number of alkyl halides is 3. The second kappa shape index (κ2) is 6.85. The van der Waals surface area contributed by atoms with E-state index in [0.717, 1.165) is 13.8 Å². The molecule has 1 aromatic rings. The van der Waals surface area contributed by atoms with Crippen LogP contribution in [0.1, 0.15) is 37.4 Å². The second-order valence-corrected chi connectivity index (χ2v) is 5.54. The molecule has 0 aromatic heterocycles. The molecule has 0 aliphatic heterocycles. The molecule has 3 nitrogen and oxygen atoms in total. The van der Waals surface area contributed by atoms with E-state index < -0.39 is 23.6 Å². The van der Waals surface area contributed by atoms with Gasteiger partial charge in [-0.2, -0.15) is 13.2 Å². The van der Waals surface area contributed by atoms with Crippen molar-refractivity contribution >= 4 is 30.0 Å². The second-order valence-electron chi connectivity index (χ2n) is 5.10. The lowest BCUT2D eigenvalue weighted by atomic mass is 9.82. The highest BCUT2D eigenvalue weighted by molar-refractivity contribution is 6.30. The van der Waals surface area contributed by atoms with Crippen LogP contribution >= 0.6 is 24.0 Å². The summed E-state index contributed by atoms with van der Waals surface area (Å²) in [5.41, 5.74) is 3.79. The normalized spacial score (nSPS) is 13.5. The van der Waals surface area contributed by atoms with Gasteiger partial charge in [0, 0.05) is 11.1 Å². The Bertz CT molecular complexity index is 519. The van der Waals surface area contributed by atoms with Crippen molar-refractivity contribution in [2.45, 2.75) is 37.9 Å². The van der Waals surface area contributed by atoms with Gasteiger partial charge in [0.15, 0.2) is 0 Å². The lowest BCUT2D eigenvalue weighted by Gasteiger charge is -2.29. The third-order valence-electron chi connectivity index (χ3n) is 3.17. The topological polar surface area (TPSA) is 63.3 Å². The van der Waals surface area contributed by atoms with Crippen molar-refractivity contribution in [2.75, 3.05) is 0 Å².